The van der Waals surface area contributed by atoms with Gasteiger partial charge in [0, 0.05) is 12.0 Å². The minimum Gasteiger partial charge on any atom is -0.361 e. The lowest BCUT2D eigenvalue weighted by Gasteiger charge is -2.02. The molecule has 0 atom stereocenters. The molecule has 0 radical (unpaired) electrons. The van der Waals surface area contributed by atoms with Gasteiger partial charge in [0.05, 0.1) is 17.6 Å². The van der Waals surface area contributed by atoms with E-state index in [0.29, 0.717) is 24.5 Å². The lowest BCUT2D eigenvalue weighted by Crippen LogP contribution is -2.13. The number of anilines is 1. The highest BCUT2D eigenvalue weighted by atomic mass is 19.1. The van der Waals surface area contributed by atoms with Gasteiger partial charge in [0.1, 0.15) is 11.6 Å². The molecule has 1 aromatic carbocycles. The first-order chi connectivity index (χ1) is 11.5. The Morgan fingerprint density at radius 3 is 2.71 bits per heavy atom. The summed E-state index contributed by atoms with van der Waals surface area (Å²) in [6, 6.07) is 6.04. The first-order valence-electron chi connectivity index (χ1n) is 7.55. The number of halogens is 1. The van der Waals surface area contributed by atoms with Crippen LogP contribution in [0.4, 0.5) is 10.3 Å². The van der Waals surface area contributed by atoms with Crippen molar-refractivity contribution in [1.29, 1.82) is 0 Å². The molecule has 6 nitrogen and oxygen atoms in total. The summed E-state index contributed by atoms with van der Waals surface area (Å²) in [5.74, 6) is 0.635. The molecule has 2 heterocycles. The summed E-state index contributed by atoms with van der Waals surface area (Å²) in [7, 11) is 0. The fraction of sp³-hybridized carbons (Fsp3) is 0.235. The van der Waals surface area contributed by atoms with Gasteiger partial charge in [-0.2, -0.15) is 0 Å². The van der Waals surface area contributed by atoms with E-state index in [1.807, 2.05) is 13.8 Å². The highest BCUT2D eigenvalue weighted by Crippen LogP contribution is 2.19. The quantitative estimate of drug-likeness (QED) is 0.752. The number of rotatable bonds is 5. The van der Waals surface area contributed by atoms with Crippen LogP contribution >= 0.6 is 0 Å². The second kappa shape index (κ2) is 6.66. The predicted octanol–water partition coefficient (Wildman–Crippen LogP) is 3.39. The molecule has 1 amide bonds. The molecule has 3 rings (SSSR count). The topological polar surface area (TPSA) is 83.8 Å². The molecule has 2 aromatic heterocycles. The molecule has 0 aliphatic rings. The Morgan fingerprint density at radius 1 is 1.29 bits per heavy atom. The zero-order chi connectivity index (χ0) is 17.1. The number of H-pyrrole nitrogens is 1. The van der Waals surface area contributed by atoms with Crippen molar-refractivity contribution in [3.8, 4) is 11.3 Å². The van der Waals surface area contributed by atoms with E-state index in [4.69, 9.17) is 4.52 Å². The molecule has 0 aliphatic heterocycles. The summed E-state index contributed by atoms with van der Waals surface area (Å²) >= 11 is 0. The molecule has 0 spiro atoms. The minimum atomic E-state index is -0.300. The molecule has 0 fully saturated rings. The first kappa shape index (κ1) is 15.9. The van der Waals surface area contributed by atoms with Gasteiger partial charge in [0.15, 0.2) is 0 Å². The van der Waals surface area contributed by atoms with Crippen LogP contribution in [0.1, 0.15) is 23.4 Å². The molecule has 0 saturated carbocycles. The van der Waals surface area contributed by atoms with Gasteiger partial charge < -0.3 is 9.51 Å². The van der Waals surface area contributed by atoms with Gasteiger partial charge in [0.25, 0.3) is 0 Å². The molecule has 0 aliphatic carbocycles. The average Bonchev–Trinajstić information content (AvgIpc) is 3.14. The lowest BCUT2D eigenvalue weighted by molar-refractivity contribution is -0.116. The van der Waals surface area contributed by atoms with E-state index < -0.39 is 0 Å². The van der Waals surface area contributed by atoms with Crippen molar-refractivity contribution in [3.63, 3.8) is 0 Å². The summed E-state index contributed by atoms with van der Waals surface area (Å²) in [6.07, 6.45) is 2.45. The van der Waals surface area contributed by atoms with E-state index in [1.165, 1.54) is 12.1 Å². The average molecular weight is 328 g/mol. The van der Waals surface area contributed by atoms with Gasteiger partial charge >= 0.3 is 0 Å². The fourth-order valence-corrected chi connectivity index (χ4v) is 2.45. The highest BCUT2D eigenvalue weighted by molar-refractivity contribution is 5.89. The Morgan fingerprint density at radius 2 is 2.04 bits per heavy atom. The number of imidazole rings is 1. The third kappa shape index (κ3) is 3.51. The molecule has 3 aromatic rings. The van der Waals surface area contributed by atoms with Crippen molar-refractivity contribution in [2.45, 2.75) is 26.7 Å². The van der Waals surface area contributed by atoms with E-state index in [9.17, 15) is 9.18 Å². The maximum Gasteiger partial charge on any atom is 0.227 e. The van der Waals surface area contributed by atoms with Crippen LogP contribution in [0.2, 0.25) is 0 Å². The number of aromatic amines is 1. The predicted molar refractivity (Wildman–Crippen MR) is 86.9 cm³/mol. The maximum atomic E-state index is 12.9. The summed E-state index contributed by atoms with van der Waals surface area (Å²) in [5.41, 5.74) is 3.25. The van der Waals surface area contributed by atoms with Gasteiger partial charge in [-0.25, -0.2) is 9.37 Å². The molecular formula is C17H17FN4O2. The number of amides is 1. The largest absolute Gasteiger partial charge is 0.361 e. The van der Waals surface area contributed by atoms with Crippen molar-refractivity contribution in [2.24, 2.45) is 0 Å². The first-order valence-corrected chi connectivity index (χ1v) is 7.55. The lowest BCUT2D eigenvalue weighted by atomic mass is 10.1. The number of aryl methyl sites for hydroxylation is 2. The number of hydrogen-bond donors (Lipinski definition) is 2. The fourth-order valence-electron chi connectivity index (χ4n) is 2.45. The van der Waals surface area contributed by atoms with Crippen LogP contribution in [0, 0.1) is 19.7 Å². The highest BCUT2D eigenvalue weighted by Gasteiger charge is 2.12. The van der Waals surface area contributed by atoms with Crippen LogP contribution in [0.15, 0.2) is 35.0 Å². The zero-order valence-corrected chi connectivity index (χ0v) is 13.4. The van der Waals surface area contributed by atoms with Gasteiger partial charge in [-0.1, -0.05) is 5.16 Å². The Kier molecular flexibility index (Phi) is 4.41. The van der Waals surface area contributed by atoms with Crippen LogP contribution in [-0.4, -0.2) is 21.0 Å². The smallest absolute Gasteiger partial charge is 0.227 e. The van der Waals surface area contributed by atoms with E-state index >= 15 is 0 Å². The van der Waals surface area contributed by atoms with Crippen molar-refractivity contribution >= 4 is 11.9 Å². The molecular weight excluding hydrogens is 311 g/mol. The van der Waals surface area contributed by atoms with Crippen LogP contribution in [-0.2, 0) is 11.2 Å². The van der Waals surface area contributed by atoms with Crippen molar-refractivity contribution in [3.05, 3.63) is 53.3 Å². The third-order valence-corrected chi connectivity index (χ3v) is 3.77. The Labute approximate surface area is 138 Å². The molecule has 124 valence electrons. The molecule has 0 bridgehead atoms. The van der Waals surface area contributed by atoms with Gasteiger partial charge in [0.2, 0.25) is 11.9 Å². The molecule has 0 unspecified atom stereocenters. The van der Waals surface area contributed by atoms with Crippen molar-refractivity contribution in [2.75, 3.05) is 5.32 Å². The number of hydrogen-bond acceptors (Lipinski definition) is 4. The van der Waals surface area contributed by atoms with Crippen molar-refractivity contribution in [1.82, 2.24) is 15.1 Å². The monoisotopic (exact) mass is 328 g/mol. The summed E-state index contributed by atoms with van der Waals surface area (Å²) in [6.45, 7) is 3.68. The third-order valence-electron chi connectivity index (χ3n) is 3.77. The second-order valence-corrected chi connectivity index (χ2v) is 5.50. The normalized spacial score (nSPS) is 10.8. The second-order valence-electron chi connectivity index (χ2n) is 5.50. The standard InChI is InChI=1S/C17H17FN4O2/c1-10-14(11(2)24-22-10)7-8-16(23)21-17-19-9-15(20-17)12-3-5-13(18)6-4-12/h3-6,9H,7-8H2,1-2H3,(H2,19,20,21,23). The van der Waals surface area contributed by atoms with E-state index in [0.717, 1.165) is 22.6 Å². The number of carbonyl (C=O) groups is 1. The van der Waals surface area contributed by atoms with Crippen LogP contribution in [0.25, 0.3) is 11.3 Å². The van der Waals surface area contributed by atoms with E-state index in [-0.39, 0.29) is 11.7 Å². The Balaban J connectivity index is 1.60. The number of nitrogens with zero attached hydrogens (tertiary/aromatic N) is 2. The summed E-state index contributed by atoms with van der Waals surface area (Å²) in [4.78, 5) is 19.2. The van der Waals surface area contributed by atoms with Gasteiger partial charge in [-0.3, -0.25) is 10.1 Å². The van der Waals surface area contributed by atoms with Crippen molar-refractivity contribution < 1.29 is 13.7 Å². The van der Waals surface area contributed by atoms with Gasteiger partial charge in [-0.05, 0) is 50.1 Å². The number of aromatic nitrogens is 3. The van der Waals surface area contributed by atoms with Gasteiger partial charge in [-0.15, -0.1) is 0 Å². The number of carbonyl (C=O) groups excluding carboxylic acids is 1. The number of benzene rings is 1. The minimum absolute atomic E-state index is 0.157. The zero-order valence-electron chi connectivity index (χ0n) is 13.4. The molecule has 2 N–H and O–H groups in total. The Bertz CT molecular complexity index is 832. The van der Waals surface area contributed by atoms with Crippen LogP contribution in [0.5, 0.6) is 0 Å². The maximum absolute atomic E-state index is 12.9. The van der Waals surface area contributed by atoms with Crippen LogP contribution < -0.4 is 5.32 Å². The van der Waals surface area contributed by atoms with E-state index in [1.54, 1.807) is 18.3 Å². The SMILES string of the molecule is Cc1noc(C)c1CCC(=O)Nc1ncc(-c2ccc(F)cc2)[nH]1. The molecule has 0 saturated heterocycles. The Hall–Kier alpha value is -2.96. The summed E-state index contributed by atoms with van der Waals surface area (Å²) < 4.78 is 18.0. The molecule has 7 heteroatoms. The van der Waals surface area contributed by atoms with E-state index in [2.05, 4.69) is 20.4 Å². The number of nitrogens with one attached hydrogen (secondary N) is 2. The molecule has 24 heavy (non-hydrogen) atoms. The summed E-state index contributed by atoms with van der Waals surface area (Å²) in [5, 5.41) is 6.58. The van der Waals surface area contributed by atoms with Crippen LogP contribution in [0.3, 0.4) is 0 Å².